The van der Waals surface area contributed by atoms with Gasteiger partial charge in [-0.2, -0.15) is 0 Å². The predicted molar refractivity (Wildman–Crippen MR) is 173 cm³/mol. The van der Waals surface area contributed by atoms with E-state index in [0.717, 1.165) is 17.7 Å². The average molecular weight is 561 g/mol. The first-order chi connectivity index (χ1) is 19.2. The second-order valence-electron chi connectivity index (χ2n) is 9.95. The number of hydrogen-bond acceptors (Lipinski definition) is 6. The summed E-state index contributed by atoms with van der Waals surface area (Å²) in [6.07, 6.45) is 3.77. The number of carbonyl (C=O) groups is 1. The normalized spacial score (nSPS) is 12.3. The van der Waals surface area contributed by atoms with E-state index in [-0.39, 0.29) is 19.3 Å². The Hall–Kier alpha value is -3.81. The van der Waals surface area contributed by atoms with Crippen LogP contribution in [0.3, 0.4) is 0 Å². The van der Waals surface area contributed by atoms with E-state index in [1.54, 1.807) is 24.3 Å². The van der Waals surface area contributed by atoms with Crippen molar-refractivity contribution in [1.82, 2.24) is 9.80 Å². The van der Waals surface area contributed by atoms with E-state index in [1.165, 1.54) is 12.8 Å². The monoisotopic (exact) mass is 560 g/mol. The zero-order chi connectivity index (χ0) is 29.5. The number of unbranched alkanes of at least 4 members (excludes halogenated alkanes) is 1. The van der Waals surface area contributed by atoms with Crippen molar-refractivity contribution in [2.45, 2.75) is 60.0 Å². The summed E-state index contributed by atoms with van der Waals surface area (Å²) in [6, 6.07) is 23.9. The van der Waals surface area contributed by atoms with E-state index in [4.69, 9.17) is 0 Å². The topological polar surface area (TPSA) is 85.2 Å². The number of nitrogens with one attached hydrogen (secondary N) is 1. The second kappa shape index (κ2) is 18.5. The Morgan fingerprint density at radius 2 is 1.56 bits per heavy atom. The van der Waals surface area contributed by atoms with Gasteiger partial charge in [-0.3, -0.25) is 9.69 Å². The molecule has 0 aliphatic heterocycles. The summed E-state index contributed by atoms with van der Waals surface area (Å²) in [5, 5.41) is 16.7. The van der Waals surface area contributed by atoms with Crippen LogP contribution in [0, 0.1) is 4.91 Å². The van der Waals surface area contributed by atoms with Gasteiger partial charge in [0, 0.05) is 18.7 Å². The highest BCUT2D eigenvalue weighted by molar-refractivity contribution is 6.06. The molecule has 41 heavy (non-hydrogen) atoms. The van der Waals surface area contributed by atoms with Crippen molar-refractivity contribution in [1.29, 1.82) is 0 Å². The molecule has 2 atom stereocenters. The lowest BCUT2D eigenvalue weighted by Crippen LogP contribution is -2.36. The maximum Gasteiger partial charge on any atom is 0.271 e. The molecule has 0 radical (unpaired) electrons. The summed E-state index contributed by atoms with van der Waals surface area (Å²) in [5.41, 5.74) is 3.96. The molecule has 7 nitrogen and oxygen atoms in total. The third kappa shape index (κ3) is 11.3. The summed E-state index contributed by atoms with van der Waals surface area (Å²) in [7, 11) is 3.84. The number of benzene rings is 3. The highest BCUT2D eigenvalue weighted by atomic mass is 16.3. The molecule has 3 rings (SSSR count). The fourth-order valence-corrected chi connectivity index (χ4v) is 3.90. The van der Waals surface area contributed by atoms with Gasteiger partial charge < -0.3 is 15.3 Å². The van der Waals surface area contributed by atoms with Crippen molar-refractivity contribution in [2.75, 3.05) is 32.6 Å². The predicted octanol–water partition coefficient (Wildman–Crippen LogP) is 8.18. The molecule has 0 aliphatic carbocycles. The zero-order valence-corrected chi connectivity index (χ0v) is 24.7. The van der Waals surface area contributed by atoms with Crippen molar-refractivity contribution in [3.63, 3.8) is 0 Å². The van der Waals surface area contributed by atoms with Crippen LogP contribution in [0.5, 0.6) is 0 Å². The number of aliphatic hydroxyl groups is 1. The summed E-state index contributed by atoms with van der Waals surface area (Å²) < 4.78 is 0. The molecule has 1 amide bonds. The molecular weight excluding hydrogens is 512 g/mol. The standard InChI is InChI=1S/C29H34N4O3.C4H10.CH4/c1-5-32(3)20-33(4)27(19-22-10-9-13-26(18-22)31-36)29(35)30-25-16-14-23(15-17-25)21(2)28(34)24-11-7-6-8-12-24;1-3-4-2;/h6-19,21,28,34H,5,20H2,1-4H3,(H,30,35);3-4H2,1-2H3;1H4/b27-19-;;. The maximum absolute atomic E-state index is 13.3. The van der Waals surface area contributed by atoms with Gasteiger partial charge >= 0.3 is 0 Å². The van der Waals surface area contributed by atoms with Crippen LogP contribution in [0.1, 0.15) is 76.7 Å². The Morgan fingerprint density at radius 1 is 0.927 bits per heavy atom. The fourth-order valence-electron chi connectivity index (χ4n) is 3.90. The first-order valence-corrected chi connectivity index (χ1v) is 13.9. The lowest BCUT2D eigenvalue weighted by atomic mass is 9.91. The van der Waals surface area contributed by atoms with E-state index in [2.05, 4.69) is 29.2 Å². The summed E-state index contributed by atoms with van der Waals surface area (Å²) >= 11 is 0. The molecule has 0 saturated carbocycles. The summed E-state index contributed by atoms with van der Waals surface area (Å²) in [4.78, 5) is 28.2. The van der Waals surface area contributed by atoms with E-state index in [1.807, 2.05) is 93.5 Å². The van der Waals surface area contributed by atoms with Gasteiger partial charge in [0.15, 0.2) is 0 Å². The Kier molecular flexibility index (Phi) is 15.9. The zero-order valence-electron chi connectivity index (χ0n) is 24.7. The molecule has 0 spiro atoms. The number of hydrogen-bond donors (Lipinski definition) is 2. The van der Waals surface area contributed by atoms with Gasteiger partial charge in [0.05, 0.1) is 12.8 Å². The molecule has 0 fully saturated rings. The largest absolute Gasteiger partial charge is 0.388 e. The number of aliphatic hydroxyl groups excluding tert-OH is 1. The quantitative estimate of drug-likeness (QED) is 0.133. The SMILES string of the molecule is C.CCCC.CCN(C)CN(C)/C(=C\c1cccc(N=O)c1)C(=O)Nc1ccc(C(C)C(O)c2ccccc2)cc1. The molecular formula is C34H48N4O3. The van der Waals surface area contributed by atoms with Crippen molar-refractivity contribution in [3.05, 3.63) is 106 Å². The lowest BCUT2D eigenvalue weighted by Gasteiger charge is -2.27. The summed E-state index contributed by atoms with van der Waals surface area (Å²) in [6.45, 7) is 9.77. The van der Waals surface area contributed by atoms with Crippen LogP contribution < -0.4 is 5.32 Å². The maximum atomic E-state index is 13.3. The first-order valence-electron chi connectivity index (χ1n) is 13.9. The number of rotatable bonds is 12. The Labute approximate surface area is 246 Å². The number of amides is 1. The van der Waals surface area contributed by atoms with E-state index in [9.17, 15) is 14.8 Å². The number of carbonyl (C=O) groups excluding carboxylic acids is 1. The molecule has 222 valence electrons. The molecule has 2 N–H and O–H groups in total. The van der Waals surface area contributed by atoms with Gasteiger partial charge in [0.2, 0.25) is 0 Å². The van der Waals surface area contributed by atoms with Crippen LogP contribution in [0.4, 0.5) is 11.4 Å². The molecule has 0 aromatic heterocycles. The van der Waals surface area contributed by atoms with Gasteiger partial charge in [-0.1, -0.05) is 103 Å². The van der Waals surface area contributed by atoms with Crippen LogP contribution >= 0.6 is 0 Å². The van der Waals surface area contributed by atoms with Crippen molar-refractivity contribution in [2.24, 2.45) is 5.18 Å². The minimum absolute atomic E-state index is 0. The van der Waals surface area contributed by atoms with Gasteiger partial charge in [-0.05, 0) is 65.8 Å². The Balaban J connectivity index is 0.00000157. The molecule has 0 bridgehead atoms. The summed E-state index contributed by atoms with van der Waals surface area (Å²) in [5.74, 6) is -0.376. The highest BCUT2D eigenvalue weighted by Crippen LogP contribution is 2.31. The highest BCUT2D eigenvalue weighted by Gasteiger charge is 2.19. The molecule has 3 aromatic carbocycles. The van der Waals surface area contributed by atoms with E-state index >= 15 is 0 Å². The fraction of sp³-hybridized carbons (Fsp3) is 0.382. The Bertz CT molecular complexity index is 1210. The van der Waals surface area contributed by atoms with Crippen molar-refractivity contribution in [3.8, 4) is 0 Å². The van der Waals surface area contributed by atoms with Gasteiger partial charge in [-0.15, -0.1) is 4.91 Å². The van der Waals surface area contributed by atoms with Crippen LogP contribution in [0.2, 0.25) is 0 Å². The van der Waals surface area contributed by atoms with Crippen LogP contribution in [-0.4, -0.2) is 48.1 Å². The van der Waals surface area contributed by atoms with Crippen LogP contribution in [-0.2, 0) is 4.79 Å². The van der Waals surface area contributed by atoms with Gasteiger partial charge in [0.1, 0.15) is 11.4 Å². The van der Waals surface area contributed by atoms with Crippen molar-refractivity contribution < 1.29 is 9.90 Å². The van der Waals surface area contributed by atoms with Gasteiger partial charge in [0.25, 0.3) is 5.91 Å². The smallest absolute Gasteiger partial charge is 0.271 e. The lowest BCUT2D eigenvalue weighted by molar-refractivity contribution is -0.114. The third-order valence-corrected chi connectivity index (χ3v) is 6.73. The molecule has 0 saturated heterocycles. The molecule has 3 aromatic rings. The minimum atomic E-state index is -0.623. The number of anilines is 1. The number of nitroso groups, excluding NO2 is 1. The molecule has 0 aliphatic rings. The molecule has 0 heterocycles. The third-order valence-electron chi connectivity index (χ3n) is 6.73. The minimum Gasteiger partial charge on any atom is -0.388 e. The first kappa shape index (κ1) is 35.2. The number of nitrogens with zero attached hydrogens (tertiary/aromatic N) is 3. The van der Waals surface area contributed by atoms with Crippen LogP contribution in [0.25, 0.3) is 6.08 Å². The molecule has 7 heteroatoms. The van der Waals surface area contributed by atoms with Crippen molar-refractivity contribution >= 4 is 23.4 Å². The Morgan fingerprint density at radius 3 is 2.12 bits per heavy atom. The van der Waals surface area contributed by atoms with Gasteiger partial charge in [-0.25, -0.2) is 0 Å². The van der Waals surface area contributed by atoms with Crippen LogP contribution in [0.15, 0.2) is 89.7 Å². The number of likely N-dealkylation sites (N-methyl/N-ethyl adjacent to an activating group) is 1. The average Bonchev–Trinajstić information content (AvgIpc) is 2.99. The van der Waals surface area contributed by atoms with E-state index < -0.39 is 6.10 Å². The van der Waals surface area contributed by atoms with E-state index in [0.29, 0.717) is 29.3 Å². The molecule has 2 unspecified atom stereocenters. The second-order valence-corrected chi connectivity index (χ2v) is 9.95.